The van der Waals surface area contributed by atoms with Crippen LogP contribution >= 0.6 is 0 Å². The first-order chi connectivity index (χ1) is 6.25. The van der Waals surface area contributed by atoms with Crippen molar-refractivity contribution in [3.63, 3.8) is 0 Å². The van der Waals surface area contributed by atoms with Gasteiger partial charge in [-0.25, -0.2) is 0 Å². The summed E-state index contributed by atoms with van der Waals surface area (Å²) in [5.74, 6) is 0. The fourth-order valence-electron chi connectivity index (χ4n) is 1.03. The van der Waals surface area contributed by atoms with E-state index in [-0.39, 0.29) is 0 Å². The highest BCUT2D eigenvalue weighted by Gasteiger charge is 1.99. The Kier molecular flexibility index (Phi) is 3.20. The van der Waals surface area contributed by atoms with Crippen molar-refractivity contribution in [3.05, 3.63) is 35.7 Å². The maximum Gasteiger partial charge on any atom is 0.0465 e. The van der Waals surface area contributed by atoms with Crippen molar-refractivity contribution in [1.29, 1.82) is 0 Å². The fraction of sp³-hybridized carbons (Fsp3) is 0.200. The zero-order chi connectivity index (χ0) is 9.68. The van der Waals surface area contributed by atoms with Crippen LogP contribution in [0.5, 0.6) is 0 Å². The van der Waals surface area contributed by atoms with Crippen LogP contribution in [0.2, 0.25) is 0 Å². The van der Waals surface area contributed by atoms with E-state index < -0.39 is 0 Å². The molecule has 0 amide bonds. The zero-order valence-electron chi connectivity index (χ0n) is 7.86. The van der Waals surface area contributed by atoms with Gasteiger partial charge in [0.2, 0.25) is 0 Å². The third-order valence-corrected chi connectivity index (χ3v) is 1.72. The van der Waals surface area contributed by atoms with Crippen molar-refractivity contribution in [2.45, 2.75) is 6.92 Å². The van der Waals surface area contributed by atoms with Crippen molar-refractivity contribution in [2.75, 3.05) is 7.05 Å². The standard InChI is InChI=1S/C10H13N3/c1-8-9(4-3-6-13-8)10(11)5-7-12-2/h3-7H,11H2,1-2H3. The monoisotopic (exact) mass is 175 g/mol. The van der Waals surface area contributed by atoms with Gasteiger partial charge in [-0.15, -0.1) is 0 Å². The summed E-state index contributed by atoms with van der Waals surface area (Å²) in [5.41, 5.74) is 8.39. The molecule has 0 aliphatic rings. The number of aromatic nitrogens is 1. The van der Waals surface area contributed by atoms with Gasteiger partial charge in [0.1, 0.15) is 0 Å². The summed E-state index contributed by atoms with van der Waals surface area (Å²) in [4.78, 5) is 7.97. The number of hydrogen-bond acceptors (Lipinski definition) is 3. The summed E-state index contributed by atoms with van der Waals surface area (Å²) in [6, 6.07) is 3.81. The van der Waals surface area contributed by atoms with Crippen LogP contribution in [0.15, 0.2) is 29.4 Å². The summed E-state index contributed by atoms with van der Waals surface area (Å²) >= 11 is 0. The summed E-state index contributed by atoms with van der Waals surface area (Å²) in [6.45, 7) is 1.93. The van der Waals surface area contributed by atoms with Crippen LogP contribution in [-0.2, 0) is 0 Å². The molecule has 0 aliphatic carbocycles. The lowest BCUT2D eigenvalue weighted by Crippen LogP contribution is -2.00. The average Bonchev–Trinajstić information content (AvgIpc) is 2.15. The molecule has 68 valence electrons. The molecule has 0 aromatic carbocycles. The van der Waals surface area contributed by atoms with Crippen LogP contribution in [0.25, 0.3) is 5.70 Å². The second-order valence-electron chi connectivity index (χ2n) is 2.67. The number of allylic oxidation sites excluding steroid dienone is 1. The lowest BCUT2D eigenvalue weighted by Gasteiger charge is -2.02. The minimum absolute atomic E-state index is 0.691. The number of hydrogen-bond donors (Lipinski definition) is 1. The van der Waals surface area contributed by atoms with E-state index in [0.29, 0.717) is 5.70 Å². The molecule has 0 saturated carbocycles. The van der Waals surface area contributed by atoms with Crippen molar-refractivity contribution >= 4 is 11.9 Å². The molecule has 0 unspecified atom stereocenters. The molecule has 13 heavy (non-hydrogen) atoms. The van der Waals surface area contributed by atoms with E-state index in [2.05, 4.69) is 9.98 Å². The van der Waals surface area contributed by atoms with Gasteiger partial charge >= 0.3 is 0 Å². The molecule has 1 aromatic heterocycles. The highest BCUT2D eigenvalue weighted by molar-refractivity contribution is 5.83. The van der Waals surface area contributed by atoms with Gasteiger partial charge in [-0.2, -0.15) is 0 Å². The Morgan fingerprint density at radius 1 is 1.62 bits per heavy atom. The first-order valence-corrected chi connectivity index (χ1v) is 4.05. The lowest BCUT2D eigenvalue weighted by molar-refractivity contribution is 1.18. The molecule has 1 heterocycles. The van der Waals surface area contributed by atoms with Crippen molar-refractivity contribution in [2.24, 2.45) is 10.7 Å². The smallest absolute Gasteiger partial charge is 0.0465 e. The maximum absolute atomic E-state index is 5.81. The van der Waals surface area contributed by atoms with Gasteiger partial charge in [-0.3, -0.25) is 9.98 Å². The van der Waals surface area contributed by atoms with Gasteiger partial charge in [-0.1, -0.05) is 0 Å². The summed E-state index contributed by atoms with van der Waals surface area (Å²) in [6.07, 6.45) is 5.19. The van der Waals surface area contributed by atoms with Gasteiger partial charge in [0.05, 0.1) is 0 Å². The van der Waals surface area contributed by atoms with Crippen LogP contribution < -0.4 is 5.73 Å². The highest BCUT2D eigenvalue weighted by atomic mass is 14.7. The topological polar surface area (TPSA) is 51.3 Å². The summed E-state index contributed by atoms with van der Waals surface area (Å²) in [7, 11) is 1.71. The number of pyridine rings is 1. The molecule has 0 atom stereocenters. The Hall–Kier alpha value is -1.64. The van der Waals surface area contributed by atoms with Gasteiger partial charge in [-0.05, 0) is 25.1 Å². The van der Waals surface area contributed by atoms with Crippen LogP contribution in [0, 0.1) is 6.92 Å². The van der Waals surface area contributed by atoms with Crippen LogP contribution in [0.1, 0.15) is 11.3 Å². The lowest BCUT2D eigenvalue weighted by atomic mass is 10.1. The molecule has 0 aliphatic heterocycles. The molecule has 1 aromatic rings. The van der Waals surface area contributed by atoms with E-state index in [1.165, 1.54) is 0 Å². The third kappa shape index (κ3) is 2.40. The van der Waals surface area contributed by atoms with Crippen molar-refractivity contribution < 1.29 is 0 Å². The molecule has 3 heteroatoms. The zero-order valence-corrected chi connectivity index (χ0v) is 7.86. The Labute approximate surface area is 78.0 Å². The molecule has 0 bridgehead atoms. The normalized spacial score (nSPS) is 12.3. The first-order valence-electron chi connectivity index (χ1n) is 4.05. The Morgan fingerprint density at radius 3 is 3.00 bits per heavy atom. The van der Waals surface area contributed by atoms with E-state index >= 15 is 0 Å². The van der Waals surface area contributed by atoms with Gasteiger partial charge in [0.15, 0.2) is 0 Å². The largest absolute Gasteiger partial charge is 0.398 e. The summed E-state index contributed by atoms with van der Waals surface area (Å²) < 4.78 is 0. The van der Waals surface area contributed by atoms with E-state index in [4.69, 9.17) is 5.73 Å². The van der Waals surface area contributed by atoms with E-state index in [1.807, 2.05) is 19.1 Å². The van der Waals surface area contributed by atoms with Gasteiger partial charge < -0.3 is 5.73 Å². The molecular weight excluding hydrogens is 162 g/mol. The van der Waals surface area contributed by atoms with E-state index in [1.54, 1.807) is 25.5 Å². The Bertz CT molecular complexity index is 340. The fourth-order valence-corrected chi connectivity index (χ4v) is 1.03. The van der Waals surface area contributed by atoms with Gasteiger partial charge in [0.25, 0.3) is 0 Å². The molecule has 3 nitrogen and oxygen atoms in total. The minimum Gasteiger partial charge on any atom is -0.398 e. The molecular formula is C10H13N3. The molecule has 0 fully saturated rings. The SMILES string of the molecule is CN=CC=C(N)c1cccnc1C. The van der Waals surface area contributed by atoms with Crippen LogP contribution in [-0.4, -0.2) is 18.2 Å². The predicted molar refractivity (Wildman–Crippen MR) is 55.6 cm³/mol. The molecule has 1 rings (SSSR count). The van der Waals surface area contributed by atoms with E-state index in [9.17, 15) is 0 Å². The number of aryl methyl sites for hydroxylation is 1. The summed E-state index contributed by atoms with van der Waals surface area (Å²) in [5, 5.41) is 0. The second-order valence-corrected chi connectivity index (χ2v) is 2.67. The predicted octanol–water partition coefficient (Wildman–Crippen LogP) is 1.39. The number of aliphatic imine (C=N–C) groups is 1. The molecule has 0 saturated heterocycles. The average molecular weight is 175 g/mol. The number of nitrogens with two attached hydrogens (primary N) is 1. The molecule has 0 spiro atoms. The van der Waals surface area contributed by atoms with E-state index in [0.717, 1.165) is 11.3 Å². The first kappa shape index (κ1) is 9.45. The molecule has 2 N–H and O–H groups in total. The molecule has 0 radical (unpaired) electrons. The quantitative estimate of drug-likeness (QED) is 0.690. The van der Waals surface area contributed by atoms with Crippen LogP contribution in [0.3, 0.4) is 0 Å². The van der Waals surface area contributed by atoms with Crippen molar-refractivity contribution in [3.8, 4) is 0 Å². The van der Waals surface area contributed by atoms with Gasteiger partial charge in [0, 0.05) is 36.4 Å². The second kappa shape index (κ2) is 4.40. The Balaban J connectivity index is 3.01. The third-order valence-electron chi connectivity index (χ3n) is 1.72. The highest BCUT2D eigenvalue weighted by Crippen LogP contribution is 2.10. The van der Waals surface area contributed by atoms with Crippen LogP contribution in [0.4, 0.5) is 0 Å². The van der Waals surface area contributed by atoms with Crippen molar-refractivity contribution in [1.82, 2.24) is 4.98 Å². The number of nitrogens with zero attached hydrogens (tertiary/aromatic N) is 2. The Morgan fingerprint density at radius 2 is 2.38 bits per heavy atom. The minimum atomic E-state index is 0.691. The number of rotatable bonds is 2. The maximum atomic E-state index is 5.81.